The van der Waals surface area contributed by atoms with E-state index in [0.717, 1.165) is 17.6 Å². The number of thiophene rings is 1. The molecule has 0 radical (unpaired) electrons. The second kappa shape index (κ2) is 5.43. The van der Waals surface area contributed by atoms with Gasteiger partial charge in [0.2, 0.25) is 0 Å². The Morgan fingerprint density at radius 3 is 3.12 bits per heavy atom. The number of hydrogen-bond acceptors (Lipinski definition) is 3. The lowest BCUT2D eigenvalue weighted by atomic mass is 10.1. The number of likely N-dealkylation sites (tertiary alicyclic amines) is 1. The lowest BCUT2D eigenvalue weighted by molar-refractivity contribution is -0.118. The van der Waals surface area contributed by atoms with Gasteiger partial charge in [0.05, 0.1) is 0 Å². The van der Waals surface area contributed by atoms with Crippen LogP contribution < -0.4 is 0 Å². The van der Waals surface area contributed by atoms with Crippen LogP contribution in [0.1, 0.15) is 31.1 Å². The Morgan fingerprint density at radius 2 is 2.50 bits per heavy atom. The van der Waals surface area contributed by atoms with Crippen molar-refractivity contribution in [2.75, 3.05) is 6.54 Å². The van der Waals surface area contributed by atoms with Crippen molar-refractivity contribution in [2.24, 2.45) is 0 Å². The van der Waals surface area contributed by atoms with Crippen molar-refractivity contribution in [2.45, 2.75) is 38.8 Å². The second-order valence-electron chi connectivity index (χ2n) is 4.40. The minimum Gasteiger partial charge on any atom is -0.300 e. The Bertz CT molecular complexity index is 377. The van der Waals surface area contributed by atoms with E-state index in [1.54, 1.807) is 18.3 Å². The normalized spacial score (nSPS) is 21.5. The van der Waals surface area contributed by atoms with E-state index in [4.69, 9.17) is 0 Å². The van der Waals surface area contributed by atoms with E-state index in [0.29, 0.717) is 18.2 Å². The molecule has 2 heterocycles. The average Bonchev–Trinajstić information content (AvgIpc) is 2.77. The van der Waals surface area contributed by atoms with Gasteiger partial charge in [-0.25, -0.2) is 0 Å². The molecule has 0 spiro atoms. The fraction of sp³-hybridized carbons (Fsp3) is 0.583. The molecule has 0 aliphatic carbocycles. The van der Waals surface area contributed by atoms with Crippen molar-refractivity contribution in [3.05, 3.63) is 20.8 Å². The smallest absolute Gasteiger partial charge is 0.131 e. The first kappa shape index (κ1) is 12.3. The molecule has 0 saturated carbocycles. The van der Waals surface area contributed by atoms with Gasteiger partial charge < -0.3 is 0 Å². The summed E-state index contributed by atoms with van der Waals surface area (Å²) in [5.74, 6) is 0.310. The number of ketones is 1. The Kier molecular flexibility index (Phi) is 4.16. The van der Waals surface area contributed by atoms with Gasteiger partial charge in [-0.2, -0.15) is 0 Å². The van der Waals surface area contributed by atoms with Gasteiger partial charge >= 0.3 is 0 Å². The zero-order valence-electron chi connectivity index (χ0n) is 9.41. The van der Waals surface area contributed by atoms with E-state index >= 15 is 0 Å². The molecule has 88 valence electrons. The molecule has 2 rings (SSSR count). The summed E-state index contributed by atoms with van der Waals surface area (Å²) < 4.78 is 1.16. The summed E-state index contributed by atoms with van der Waals surface area (Å²) in [4.78, 5) is 15.0. The first-order chi connectivity index (χ1) is 7.65. The molecule has 1 aliphatic rings. The Hall–Kier alpha value is -0.190. The highest BCUT2D eigenvalue weighted by Gasteiger charge is 2.25. The molecule has 2 nitrogen and oxygen atoms in total. The van der Waals surface area contributed by atoms with Gasteiger partial charge in [-0.15, -0.1) is 11.3 Å². The van der Waals surface area contributed by atoms with E-state index in [1.165, 1.54) is 17.7 Å². The summed E-state index contributed by atoms with van der Waals surface area (Å²) in [6, 6.07) is 2.65. The summed E-state index contributed by atoms with van der Waals surface area (Å²) in [6.07, 6.45) is 3.11. The lowest BCUT2D eigenvalue weighted by Gasteiger charge is -2.22. The van der Waals surface area contributed by atoms with Crippen molar-refractivity contribution < 1.29 is 4.79 Å². The van der Waals surface area contributed by atoms with Crippen LogP contribution in [0.4, 0.5) is 0 Å². The van der Waals surface area contributed by atoms with E-state index in [9.17, 15) is 4.79 Å². The van der Waals surface area contributed by atoms with Crippen LogP contribution in [0.3, 0.4) is 0 Å². The molecule has 0 amide bonds. The molecule has 1 atom stereocenters. The van der Waals surface area contributed by atoms with Gasteiger partial charge in [0.15, 0.2) is 0 Å². The highest BCUT2D eigenvalue weighted by molar-refractivity contribution is 9.10. The molecule has 0 N–H and O–H groups in total. The van der Waals surface area contributed by atoms with E-state index in [-0.39, 0.29) is 0 Å². The molecule has 16 heavy (non-hydrogen) atoms. The van der Waals surface area contributed by atoms with Crippen LogP contribution in [0.2, 0.25) is 0 Å². The topological polar surface area (TPSA) is 20.3 Å². The van der Waals surface area contributed by atoms with E-state index < -0.39 is 0 Å². The Labute approximate surface area is 109 Å². The quantitative estimate of drug-likeness (QED) is 0.849. The van der Waals surface area contributed by atoms with E-state index in [2.05, 4.69) is 32.3 Å². The first-order valence-corrected chi connectivity index (χ1v) is 7.29. The van der Waals surface area contributed by atoms with Crippen LogP contribution in [-0.4, -0.2) is 23.3 Å². The first-order valence-electron chi connectivity index (χ1n) is 5.61. The van der Waals surface area contributed by atoms with Crippen molar-refractivity contribution in [3.63, 3.8) is 0 Å². The lowest BCUT2D eigenvalue weighted by Crippen LogP contribution is -2.30. The van der Waals surface area contributed by atoms with Gasteiger partial charge in [-0.05, 0) is 48.3 Å². The van der Waals surface area contributed by atoms with Crippen LogP contribution >= 0.6 is 27.3 Å². The largest absolute Gasteiger partial charge is 0.300 e. The minimum atomic E-state index is 0.310. The van der Waals surface area contributed by atoms with Crippen LogP contribution in [-0.2, 0) is 11.3 Å². The zero-order valence-corrected chi connectivity index (χ0v) is 11.8. The molecule has 4 heteroatoms. The average molecular weight is 302 g/mol. The fourth-order valence-electron chi connectivity index (χ4n) is 2.30. The third-order valence-corrected chi connectivity index (χ3v) is 4.69. The van der Waals surface area contributed by atoms with Crippen molar-refractivity contribution >= 4 is 33.0 Å². The molecular formula is C12H16BrNOS. The monoisotopic (exact) mass is 301 g/mol. The predicted molar refractivity (Wildman–Crippen MR) is 70.7 cm³/mol. The fourth-order valence-corrected chi connectivity index (χ4v) is 3.78. The van der Waals surface area contributed by atoms with Crippen LogP contribution in [0, 0.1) is 0 Å². The van der Waals surface area contributed by atoms with Gasteiger partial charge in [0.25, 0.3) is 0 Å². The Balaban J connectivity index is 1.95. The molecule has 0 bridgehead atoms. The number of rotatable bonds is 4. The van der Waals surface area contributed by atoms with Gasteiger partial charge in [-0.1, -0.05) is 0 Å². The number of carbonyl (C=O) groups is 1. The van der Waals surface area contributed by atoms with Gasteiger partial charge in [0, 0.05) is 33.7 Å². The van der Waals surface area contributed by atoms with Crippen molar-refractivity contribution in [1.29, 1.82) is 0 Å². The molecule has 1 aromatic rings. The molecule has 1 aliphatic heterocycles. The Morgan fingerprint density at radius 1 is 1.69 bits per heavy atom. The van der Waals surface area contributed by atoms with Crippen LogP contribution in [0.5, 0.6) is 0 Å². The second-order valence-corrected chi connectivity index (χ2v) is 6.32. The molecule has 1 unspecified atom stereocenters. The van der Waals surface area contributed by atoms with Gasteiger partial charge in [0.1, 0.15) is 5.78 Å². The molecule has 0 aromatic carbocycles. The van der Waals surface area contributed by atoms with Crippen molar-refractivity contribution in [1.82, 2.24) is 4.90 Å². The maximum Gasteiger partial charge on any atom is 0.131 e. The number of Topliss-reactive ketones (excluding diaryl/α,β-unsaturated/α-hetero) is 1. The maximum absolute atomic E-state index is 11.2. The standard InChI is InChI=1S/C12H16BrNOS/c1-9(15)5-11-3-2-4-14(11)7-12-6-10(13)8-16-12/h6,8,11H,2-5,7H2,1H3. The van der Waals surface area contributed by atoms with Crippen LogP contribution in [0.25, 0.3) is 0 Å². The third kappa shape index (κ3) is 3.15. The summed E-state index contributed by atoms with van der Waals surface area (Å²) in [5.41, 5.74) is 0. The summed E-state index contributed by atoms with van der Waals surface area (Å²) >= 11 is 5.26. The number of halogens is 1. The third-order valence-electron chi connectivity index (χ3n) is 3.00. The maximum atomic E-state index is 11.2. The number of hydrogen-bond donors (Lipinski definition) is 0. The van der Waals surface area contributed by atoms with E-state index in [1.807, 2.05) is 0 Å². The van der Waals surface area contributed by atoms with Crippen molar-refractivity contribution in [3.8, 4) is 0 Å². The van der Waals surface area contributed by atoms with Gasteiger partial charge in [-0.3, -0.25) is 9.69 Å². The predicted octanol–water partition coefficient (Wildman–Crippen LogP) is 3.45. The summed E-state index contributed by atoms with van der Waals surface area (Å²) in [5, 5.41) is 2.12. The highest BCUT2D eigenvalue weighted by atomic mass is 79.9. The molecule has 1 aromatic heterocycles. The number of nitrogens with zero attached hydrogens (tertiary/aromatic N) is 1. The SMILES string of the molecule is CC(=O)CC1CCCN1Cc1cc(Br)cs1. The zero-order chi connectivity index (χ0) is 11.5. The number of carbonyl (C=O) groups excluding carboxylic acids is 1. The molecular weight excluding hydrogens is 286 g/mol. The summed E-state index contributed by atoms with van der Waals surface area (Å²) in [7, 11) is 0. The minimum absolute atomic E-state index is 0.310. The molecule has 1 saturated heterocycles. The molecule has 1 fully saturated rings. The highest BCUT2D eigenvalue weighted by Crippen LogP contribution is 2.26. The summed E-state index contributed by atoms with van der Waals surface area (Å²) in [6.45, 7) is 3.82. The van der Waals surface area contributed by atoms with Crippen LogP contribution in [0.15, 0.2) is 15.9 Å².